The van der Waals surface area contributed by atoms with Gasteiger partial charge in [-0.05, 0) is 41.8 Å². The van der Waals surface area contributed by atoms with Crippen molar-refractivity contribution in [3.8, 4) is 5.75 Å². The van der Waals surface area contributed by atoms with Crippen molar-refractivity contribution in [2.75, 3.05) is 13.2 Å². The second-order valence-corrected chi connectivity index (χ2v) is 6.78. The van der Waals surface area contributed by atoms with Gasteiger partial charge in [-0.15, -0.1) is 0 Å². The monoisotopic (exact) mass is 393 g/mol. The molecule has 0 aromatic heterocycles. The zero-order valence-electron chi connectivity index (χ0n) is 13.8. The minimum atomic E-state index is -0.469. The van der Waals surface area contributed by atoms with Gasteiger partial charge in [-0.3, -0.25) is 9.59 Å². The van der Waals surface area contributed by atoms with Crippen LogP contribution >= 0.6 is 23.2 Å². The normalized spacial score (nSPS) is 15.5. The summed E-state index contributed by atoms with van der Waals surface area (Å²) < 4.78 is 10.7. The molecule has 26 heavy (non-hydrogen) atoms. The Labute approximate surface area is 161 Å². The lowest BCUT2D eigenvalue weighted by atomic mass is 9.97. The van der Waals surface area contributed by atoms with Gasteiger partial charge >= 0.3 is 5.97 Å². The predicted molar refractivity (Wildman–Crippen MR) is 98.4 cm³/mol. The van der Waals surface area contributed by atoms with Gasteiger partial charge in [-0.25, -0.2) is 0 Å². The third-order valence-corrected chi connectivity index (χ3v) is 4.65. The van der Waals surface area contributed by atoms with Crippen molar-refractivity contribution in [2.45, 2.75) is 13.0 Å². The van der Waals surface area contributed by atoms with Gasteiger partial charge in [-0.2, -0.15) is 0 Å². The molecule has 0 radical (unpaired) electrons. The van der Waals surface area contributed by atoms with E-state index in [1.54, 1.807) is 24.3 Å². The van der Waals surface area contributed by atoms with Crippen LogP contribution in [-0.2, 0) is 27.3 Å². The molecule has 1 aliphatic rings. The van der Waals surface area contributed by atoms with E-state index in [0.717, 1.165) is 16.9 Å². The number of halogens is 2. The van der Waals surface area contributed by atoms with E-state index in [0.29, 0.717) is 16.5 Å². The molecular weight excluding hydrogens is 377 g/mol. The lowest BCUT2D eigenvalue weighted by Crippen LogP contribution is -2.33. The van der Waals surface area contributed by atoms with E-state index in [-0.39, 0.29) is 19.8 Å². The Balaban J connectivity index is 1.47. The number of rotatable bonds is 5. The maximum Gasteiger partial charge on any atom is 0.313 e. The molecule has 7 heteroatoms. The van der Waals surface area contributed by atoms with Crippen LogP contribution in [0.5, 0.6) is 5.75 Å². The molecule has 0 saturated carbocycles. The minimum absolute atomic E-state index is 0.217. The van der Waals surface area contributed by atoms with Crippen LogP contribution in [0.15, 0.2) is 42.5 Å². The highest BCUT2D eigenvalue weighted by molar-refractivity contribution is 6.31. The average Bonchev–Trinajstić information content (AvgIpc) is 2.64. The lowest BCUT2D eigenvalue weighted by molar-refractivity contribution is -0.153. The molecule has 1 amide bonds. The van der Waals surface area contributed by atoms with E-state index in [2.05, 4.69) is 5.32 Å². The van der Waals surface area contributed by atoms with Gasteiger partial charge < -0.3 is 14.8 Å². The number of carbonyl (C=O) groups is 2. The largest absolute Gasteiger partial charge is 0.492 e. The highest BCUT2D eigenvalue weighted by atomic mass is 35.5. The maximum atomic E-state index is 12.2. The Kier molecular flexibility index (Phi) is 6.01. The molecule has 1 aliphatic heterocycles. The van der Waals surface area contributed by atoms with Gasteiger partial charge in [0.2, 0.25) is 0 Å². The molecule has 1 unspecified atom stereocenters. The Hall–Kier alpha value is -2.24. The Morgan fingerprint density at radius 3 is 2.81 bits per heavy atom. The van der Waals surface area contributed by atoms with Crippen LogP contribution in [0.1, 0.15) is 11.1 Å². The minimum Gasteiger partial charge on any atom is -0.492 e. The second kappa shape index (κ2) is 8.43. The Morgan fingerprint density at radius 1 is 1.19 bits per heavy atom. The van der Waals surface area contributed by atoms with Gasteiger partial charge in [-0.1, -0.05) is 41.4 Å². The van der Waals surface area contributed by atoms with Gasteiger partial charge in [0.25, 0.3) is 5.91 Å². The van der Waals surface area contributed by atoms with Crippen molar-refractivity contribution >= 4 is 35.1 Å². The fraction of sp³-hybridized carbons (Fsp3) is 0.263. The molecule has 136 valence electrons. The topological polar surface area (TPSA) is 64.6 Å². The van der Waals surface area contributed by atoms with E-state index in [9.17, 15) is 9.59 Å². The smallest absolute Gasteiger partial charge is 0.313 e. The molecule has 0 bridgehead atoms. The molecule has 1 N–H and O–H groups in total. The zero-order valence-corrected chi connectivity index (χ0v) is 15.3. The van der Waals surface area contributed by atoms with Gasteiger partial charge in [0.05, 0.1) is 5.92 Å². The van der Waals surface area contributed by atoms with Crippen LogP contribution in [-0.4, -0.2) is 25.1 Å². The van der Waals surface area contributed by atoms with E-state index < -0.39 is 17.8 Å². The van der Waals surface area contributed by atoms with E-state index >= 15 is 0 Å². The van der Waals surface area contributed by atoms with E-state index in [1.165, 1.54) is 0 Å². The van der Waals surface area contributed by atoms with Crippen molar-refractivity contribution in [1.82, 2.24) is 5.32 Å². The number of hydrogen-bond acceptors (Lipinski definition) is 4. The van der Waals surface area contributed by atoms with Crippen molar-refractivity contribution in [2.24, 2.45) is 5.92 Å². The molecular formula is C19H17Cl2NO4. The zero-order chi connectivity index (χ0) is 18.5. The molecule has 2 aromatic rings. The molecule has 1 atom stereocenters. The SMILES string of the molecule is O=C(COC(=O)C1COc2ccc(Cl)cc2C1)NCc1ccccc1Cl. The van der Waals surface area contributed by atoms with Crippen LogP contribution in [0.2, 0.25) is 10.0 Å². The quantitative estimate of drug-likeness (QED) is 0.790. The summed E-state index contributed by atoms with van der Waals surface area (Å²) in [5, 5.41) is 3.83. The maximum absolute atomic E-state index is 12.2. The van der Waals surface area contributed by atoms with Gasteiger partial charge in [0, 0.05) is 16.6 Å². The average molecular weight is 394 g/mol. The number of fused-ring (bicyclic) bond motifs is 1. The molecule has 3 rings (SSSR count). The van der Waals surface area contributed by atoms with Crippen LogP contribution in [0.25, 0.3) is 0 Å². The Morgan fingerprint density at radius 2 is 2.00 bits per heavy atom. The van der Waals surface area contributed by atoms with Crippen LogP contribution in [0.3, 0.4) is 0 Å². The van der Waals surface area contributed by atoms with Crippen LogP contribution in [0, 0.1) is 5.92 Å². The summed E-state index contributed by atoms with van der Waals surface area (Å²) >= 11 is 12.0. The van der Waals surface area contributed by atoms with Crippen molar-refractivity contribution in [1.29, 1.82) is 0 Å². The first-order chi connectivity index (χ1) is 12.5. The fourth-order valence-corrected chi connectivity index (χ4v) is 3.05. The first kappa shape index (κ1) is 18.5. The van der Waals surface area contributed by atoms with Crippen molar-refractivity contribution < 1.29 is 19.1 Å². The first-order valence-electron chi connectivity index (χ1n) is 8.11. The van der Waals surface area contributed by atoms with E-state index in [4.69, 9.17) is 32.7 Å². The van der Waals surface area contributed by atoms with Gasteiger partial charge in [0.15, 0.2) is 6.61 Å². The summed E-state index contributed by atoms with van der Waals surface area (Å²) in [5.41, 5.74) is 1.65. The summed E-state index contributed by atoms with van der Waals surface area (Å²) in [6.45, 7) is 0.144. The third kappa shape index (κ3) is 4.68. The number of esters is 1. The van der Waals surface area contributed by atoms with Crippen molar-refractivity contribution in [3.63, 3.8) is 0 Å². The molecule has 1 heterocycles. The molecule has 0 aliphatic carbocycles. The van der Waals surface area contributed by atoms with Gasteiger partial charge in [0.1, 0.15) is 12.4 Å². The number of benzene rings is 2. The number of amides is 1. The molecule has 0 fully saturated rings. The van der Waals surface area contributed by atoms with Crippen molar-refractivity contribution in [3.05, 3.63) is 63.6 Å². The third-order valence-electron chi connectivity index (χ3n) is 4.04. The molecule has 0 saturated heterocycles. The fourth-order valence-electron chi connectivity index (χ4n) is 2.66. The highest BCUT2D eigenvalue weighted by Crippen LogP contribution is 2.30. The number of nitrogens with one attached hydrogen (secondary N) is 1. The second-order valence-electron chi connectivity index (χ2n) is 5.94. The lowest BCUT2D eigenvalue weighted by Gasteiger charge is -2.24. The van der Waals surface area contributed by atoms with Crippen LogP contribution in [0.4, 0.5) is 0 Å². The number of hydrogen-bond donors (Lipinski definition) is 1. The Bertz CT molecular complexity index is 825. The molecule has 5 nitrogen and oxygen atoms in total. The standard InChI is InChI=1S/C19H17Cl2NO4/c20-15-5-6-17-13(8-15)7-14(10-25-17)19(24)26-11-18(23)22-9-12-3-1-2-4-16(12)21/h1-6,8,14H,7,9-11H2,(H,22,23). The number of carbonyl (C=O) groups excluding carboxylic acids is 2. The summed E-state index contributed by atoms with van der Waals surface area (Å²) in [7, 11) is 0. The molecule has 0 spiro atoms. The van der Waals surface area contributed by atoms with E-state index in [1.807, 2.05) is 18.2 Å². The van der Waals surface area contributed by atoms with Crippen LogP contribution < -0.4 is 10.1 Å². The predicted octanol–water partition coefficient (Wildman–Crippen LogP) is 3.40. The number of ether oxygens (including phenoxy) is 2. The highest BCUT2D eigenvalue weighted by Gasteiger charge is 2.27. The summed E-state index contributed by atoms with van der Waals surface area (Å²) in [5.74, 6) is -0.602. The molecule has 2 aromatic carbocycles. The summed E-state index contributed by atoms with van der Waals surface area (Å²) in [4.78, 5) is 24.1. The first-order valence-corrected chi connectivity index (χ1v) is 8.86. The summed E-state index contributed by atoms with van der Waals surface area (Å²) in [6.07, 6.45) is 0.468. The summed E-state index contributed by atoms with van der Waals surface area (Å²) in [6, 6.07) is 12.5.